The summed E-state index contributed by atoms with van der Waals surface area (Å²) in [5.41, 5.74) is -0.320. The highest BCUT2D eigenvalue weighted by Crippen LogP contribution is 2.24. The van der Waals surface area contributed by atoms with Gasteiger partial charge in [0.05, 0.1) is 19.8 Å². The van der Waals surface area contributed by atoms with Gasteiger partial charge in [0.15, 0.2) is 0 Å². The number of aliphatic hydroxyl groups is 1. The minimum absolute atomic E-state index is 0.0292. The van der Waals surface area contributed by atoms with E-state index in [1.165, 1.54) is 17.5 Å². The number of β-amino-alcohol motifs (C(OH)–C–C–N with tert-alkyl or cyclic N) is 1. The molecule has 0 radical (unpaired) electrons. The van der Waals surface area contributed by atoms with Crippen molar-refractivity contribution in [2.24, 2.45) is 0 Å². The molecule has 2 aliphatic rings. The first-order valence-electron chi connectivity index (χ1n) is 8.92. The van der Waals surface area contributed by atoms with Crippen LogP contribution >= 0.6 is 11.3 Å². The number of amides is 1. The highest BCUT2D eigenvalue weighted by molar-refractivity contribution is 7.17. The van der Waals surface area contributed by atoms with Crippen molar-refractivity contribution in [3.8, 4) is 0 Å². The van der Waals surface area contributed by atoms with Gasteiger partial charge >= 0.3 is 0 Å². The first-order valence-corrected chi connectivity index (χ1v) is 9.80. The first kappa shape index (κ1) is 17.0. The minimum Gasteiger partial charge on any atom is -0.384 e. The largest absolute Gasteiger partial charge is 0.384 e. The number of thiophene rings is 1. The van der Waals surface area contributed by atoms with Crippen molar-refractivity contribution in [2.75, 3.05) is 45.9 Å². The van der Waals surface area contributed by atoms with Gasteiger partial charge < -0.3 is 19.6 Å². The molecule has 3 heterocycles. The lowest BCUT2D eigenvalue weighted by molar-refractivity contribution is -0.0524. The van der Waals surface area contributed by atoms with Crippen LogP contribution in [0, 0.1) is 0 Å². The zero-order valence-corrected chi connectivity index (χ0v) is 15.1. The lowest BCUT2D eigenvalue weighted by atomic mass is 10.0. The van der Waals surface area contributed by atoms with E-state index in [4.69, 9.17) is 4.74 Å². The Kier molecular flexibility index (Phi) is 4.78. The molecule has 1 aromatic heterocycles. The van der Waals surface area contributed by atoms with E-state index in [1.807, 2.05) is 29.6 Å². The van der Waals surface area contributed by atoms with Gasteiger partial charge in [-0.25, -0.2) is 0 Å². The zero-order valence-electron chi connectivity index (χ0n) is 14.3. The van der Waals surface area contributed by atoms with E-state index in [1.54, 1.807) is 16.2 Å². The number of benzene rings is 1. The quantitative estimate of drug-likeness (QED) is 0.912. The van der Waals surface area contributed by atoms with E-state index in [-0.39, 0.29) is 12.5 Å². The van der Waals surface area contributed by atoms with Gasteiger partial charge in [0.25, 0.3) is 5.91 Å². The molecule has 1 N–H and O–H groups in total. The number of nitrogens with zero attached hydrogens (tertiary/aromatic N) is 2. The smallest absolute Gasteiger partial charge is 0.254 e. The summed E-state index contributed by atoms with van der Waals surface area (Å²) in [7, 11) is 0. The Hall–Kier alpha value is -1.47. The summed E-state index contributed by atoms with van der Waals surface area (Å²) in [4.78, 5) is 17.0. The topological polar surface area (TPSA) is 53.0 Å². The van der Waals surface area contributed by atoms with Crippen LogP contribution in [0.1, 0.15) is 23.2 Å². The van der Waals surface area contributed by atoms with E-state index in [2.05, 4.69) is 4.90 Å². The lowest BCUT2D eigenvalue weighted by Gasteiger charge is -2.34. The average molecular weight is 360 g/mol. The molecule has 6 heteroatoms. The highest BCUT2D eigenvalue weighted by atomic mass is 32.1. The van der Waals surface area contributed by atoms with Gasteiger partial charge in [-0.2, -0.15) is 0 Å². The van der Waals surface area contributed by atoms with E-state index < -0.39 is 5.60 Å². The number of carbonyl (C=O) groups excluding carboxylic acids is 1. The molecule has 1 aromatic carbocycles. The van der Waals surface area contributed by atoms with Gasteiger partial charge in [-0.05, 0) is 61.0 Å². The molecule has 2 saturated heterocycles. The normalized spacial score (nSPS) is 25.4. The van der Waals surface area contributed by atoms with Crippen LogP contribution in [0.25, 0.3) is 10.1 Å². The Labute approximate surface area is 151 Å². The lowest BCUT2D eigenvalue weighted by Crippen LogP contribution is -2.53. The summed E-state index contributed by atoms with van der Waals surface area (Å²) >= 11 is 1.67. The number of carbonyl (C=O) groups is 1. The Morgan fingerprint density at radius 3 is 2.92 bits per heavy atom. The van der Waals surface area contributed by atoms with Gasteiger partial charge in [-0.15, -0.1) is 11.3 Å². The van der Waals surface area contributed by atoms with Crippen LogP contribution in [-0.4, -0.2) is 72.4 Å². The molecule has 5 nitrogen and oxygen atoms in total. The molecule has 1 amide bonds. The molecule has 2 aliphatic heterocycles. The second kappa shape index (κ2) is 7.03. The molecule has 134 valence electrons. The van der Waals surface area contributed by atoms with E-state index >= 15 is 0 Å². The van der Waals surface area contributed by atoms with Crippen LogP contribution in [0.4, 0.5) is 0 Å². The molecule has 25 heavy (non-hydrogen) atoms. The Morgan fingerprint density at radius 2 is 2.08 bits per heavy atom. The summed E-state index contributed by atoms with van der Waals surface area (Å²) in [5.74, 6) is -0.0292. The maximum Gasteiger partial charge on any atom is 0.254 e. The van der Waals surface area contributed by atoms with Crippen molar-refractivity contribution in [3.63, 3.8) is 0 Å². The highest BCUT2D eigenvalue weighted by Gasteiger charge is 2.36. The summed E-state index contributed by atoms with van der Waals surface area (Å²) in [6.07, 6.45) is 2.36. The Morgan fingerprint density at radius 1 is 1.24 bits per heavy atom. The molecule has 0 aliphatic carbocycles. The third kappa shape index (κ3) is 3.72. The van der Waals surface area contributed by atoms with E-state index in [0.717, 1.165) is 18.5 Å². The summed E-state index contributed by atoms with van der Waals surface area (Å²) in [5, 5.41) is 14.2. The van der Waals surface area contributed by atoms with Gasteiger partial charge in [0.2, 0.25) is 0 Å². The summed E-state index contributed by atoms with van der Waals surface area (Å²) in [6, 6.07) is 7.86. The first-order chi connectivity index (χ1) is 12.1. The minimum atomic E-state index is -0.997. The standard InChI is InChI=1S/C19H24N2O3S/c22-18(16-3-4-17-15(11-16)5-10-25-17)21-8-9-24-14-19(23,13-21)12-20-6-1-2-7-20/h3-5,10-11,23H,1-2,6-9,12-14H2. The van der Waals surface area contributed by atoms with Gasteiger partial charge in [-0.3, -0.25) is 4.79 Å². The fraction of sp³-hybridized carbons (Fsp3) is 0.526. The number of rotatable bonds is 3. The molecular weight excluding hydrogens is 336 g/mol. The third-order valence-corrected chi connectivity index (χ3v) is 5.96. The van der Waals surface area contributed by atoms with Crippen molar-refractivity contribution in [3.05, 3.63) is 35.2 Å². The van der Waals surface area contributed by atoms with Crippen molar-refractivity contribution >= 4 is 27.3 Å². The van der Waals surface area contributed by atoms with Crippen LogP contribution in [-0.2, 0) is 4.74 Å². The van der Waals surface area contributed by atoms with Gasteiger partial charge in [0, 0.05) is 23.4 Å². The van der Waals surface area contributed by atoms with Crippen LogP contribution in [0.2, 0.25) is 0 Å². The molecule has 0 saturated carbocycles. The third-order valence-electron chi connectivity index (χ3n) is 5.06. The van der Waals surface area contributed by atoms with Crippen molar-refractivity contribution in [1.29, 1.82) is 0 Å². The molecule has 1 atom stereocenters. The van der Waals surface area contributed by atoms with Crippen LogP contribution in [0.15, 0.2) is 29.6 Å². The maximum absolute atomic E-state index is 13.0. The van der Waals surface area contributed by atoms with Crippen molar-refractivity contribution in [1.82, 2.24) is 9.80 Å². The SMILES string of the molecule is O=C(c1ccc2sccc2c1)N1CCOCC(O)(CN2CCCC2)C1. The van der Waals surface area contributed by atoms with Gasteiger partial charge in [-0.1, -0.05) is 0 Å². The Bertz CT molecular complexity index is 756. The second-order valence-corrected chi connectivity index (χ2v) is 8.11. The zero-order chi connectivity index (χ0) is 17.3. The number of hydrogen-bond donors (Lipinski definition) is 1. The Balaban J connectivity index is 1.52. The maximum atomic E-state index is 13.0. The van der Waals surface area contributed by atoms with Crippen molar-refractivity contribution in [2.45, 2.75) is 18.4 Å². The number of ether oxygens (including phenoxy) is 1. The molecule has 2 aromatic rings. The van der Waals surface area contributed by atoms with Crippen LogP contribution in [0.3, 0.4) is 0 Å². The predicted octanol–water partition coefficient (Wildman–Crippen LogP) is 2.20. The van der Waals surface area contributed by atoms with Crippen LogP contribution in [0.5, 0.6) is 0 Å². The molecule has 0 bridgehead atoms. The fourth-order valence-corrected chi connectivity index (χ4v) is 4.60. The van der Waals surface area contributed by atoms with Gasteiger partial charge in [0.1, 0.15) is 5.60 Å². The van der Waals surface area contributed by atoms with Crippen molar-refractivity contribution < 1.29 is 14.6 Å². The molecule has 2 fully saturated rings. The average Bonchev–Trinajstić information content (AvgIpc) is 3.23. The monoisotopic (exact) mass is 360 g/mol. The molecular formula is C19H24N2O3S. The van der Waals surface area contributed by atoms with E-state index in [9.17, 15) is 9.90 Å². The second-order valence-electron chi connectivity index (χ2n) is 7.16. The number of fused-ring (bicyclic) bond motifs is 1. The van der Waals surface area contributed by atoms with Crippen LogP contribution < -0.4 is 0 Å². The number of likely N-dealkylation sites (tertiary alicyclic amines) is 1. The predicted molar refractivity (Wildman–Crippen MR) is 99.2 cm³/mol. The fourth-order valence-electron chi connectivity index (χ4n) is 3.83. The molecule has 0 spiro atoms. The number of hydrogen-bond acceptors (Lipinski definition) is 5. The molecule has 1 unspecified atom stereocenters. The molecule has 4 rings (SSSR count). The summed E-state index contributed by atoms with van der Waals surface area (Å²) in [6.45, 7) is 4.20. The van der Waals surface area contributed by atoms with E-state index in [0.29, 0.717) is 31.8 Å². The summed E-state index contributed by atoms with van der Waals surface area (Å²) < 4.78 is 6.81.